The number of hydrogen-bond acceptors (Lipinski definition) is 0. The molecule has 0 saturated heterocycles. The molecule has 1 unspecified atom stereocenters. The van der Waals surface area contributed by atoms with Crippen LogP contribution in [0, 0.1) is 29.1 Å². The van der Waals surface area contributed by atoms with Crippen LogP contribution in [0.2, 0.25) is 10.0 Å². The second-order valence-corrected chi connectivity index (χ2v) is 30.6. The van der Waals surface area contributed by atoms with Crippen LogP contribution >= 0.6 is 23.2 Å². The Morgan fingerprint density at radius 3 is 1.45 bits per heavy atom. The monoisotopic (exact) mass is 926 g/mol. The molecule has 5 heteroatoms. The van der Waals surface area contributed by atoms with Crippen LogP contribution in [0.1, 0.15) is 137 Å². The molecule has 0 nitrogen and oxygen atoms in total. The predicted molar refractivity (Wildman–Crippen MR) is 240 cm³/mol. The van der Waals surface area contributed by atoms with Crippen molar-refractivity contribution in [3.8, 4) is 11.1 Å². The largest absolute Gasteiger partial charge is 1.00 e. The molecule has 4 fully saturated rings. The summed E-state index contributed by atoms with van der Waals surface area (Å²) in [4.78, 5) is 0. The van der Waals surface area contributed by atoms with Crippen LogP contribution in [0.15, 0.2) is 105 Å². The number of allylic oxidation sites excluding steroid dienone is 4. The summed E-state index contributed by atoms with van der Waals surface area (Å²) in [5, 5.41) is 1.57. The summed E-state index contributed by atoms with van der Waals surface area (Å²) in [6.07, 6.45) is 12.8. The maximum Gasteiger partial charge on any atom is -1.00 e. The molecule has 0 N–H and O–H groups in total. The summed E-state index contributed by atoms with van der Waals surface area (Å²) in [6.45, 7) is 19.3. The Labute approximate surface area is 375 Å². The molecule has 0 amide bonds. The van der Waals surface area contributed by atoms with E-state index in [1.165, 1.54) is 89.5 Å². The molecule has 10 rings (SSSR count). The second kappa shape index (κ2) is 16.1. The Morgan fingerprint density at radius 2 is 1.05 bits per heavy atom. The van der Waals surface area contributed by atoms with Crippen LogP contribution in [0.5, 0.6) is 0 Å². The van der Waals surface area contributed by atoms with Gasteiger partial charge in [-0.2, -0.15) is 0 Å². The fraction of sp³-hybridized carbons (Fsp3) is 0.434. The zero-order valence-electron chi connectivity index (χ0n) is 35.7. The molecule has 0 heterocycles. The minimum atomic E-state index is -4.11. The van der Waals surface area contributed by atoms with Gasteiger partial charge in [-0.25, -0.2) is 0 Å². The molecule has 6 aliphatic rings. The van der Waals surface area contributed by atoms with Gasteiger partial charge in [-0.1, -0.05) is 0 Å². The van der Waals surface area contributed by atoms with Crippen molar-refractivity contribution < 1.29 is 44.1 Å². The first-order chi connectivity index (χ1) is 26.5. The van der Waals surface area contributed by atoms with Crippen molar-refractivity contribution >= 4 is 30.6 Å². The van der Waals surface area contributed by atoms with Crippen LogP contribution in [0.25, 0.3) is 11.1 Å². The minimum absolute atomic E-state index is 0. The molecule has 304 valence electrons. The van der Waals surface area contributed by atoms with Crippen LogP contribution in [0.4, 0.5) is 0 Å². The smallest absolute Gasteiger partial charge is 1.00 e. The molecule has 4 aromatic rings. The topological polar surface area (TPSA) is 0 Å². The van der Waals surface area contributed by atoms with Gasteiger partial charge in [0.05, 0.1) is 0 Å². The van der Waals surface area contributed by atoms with Crippen LogP contribution in [-0.2, 0) is 30.1 Å². The van der Waals surface area contributed by atoms with Crippen molar-refractivity contribution in [2.45, 2.75) is 115 Å². The third-order valence-corrected chi connectivity index (χ3v) is 27.5. The summed E-state index contributed by atoms with van der Waals surface area (Å²) in [5.41, 5.74) is 15.1. The third-order valence-electron chi connectivity index (χ3n) is 14.8. The zero-order chi connectivity index (χ0) is 39.4. The Kier molecular flexibility index (Phi) is 12.3. The summed E-state index contributed by atoms with van der Waals surface area (Å²) in [5.74, 6) is 3.24. The van der Waals surface area contributed by atoms with Crippen molar-refractivity contribution in [2.24, 2.45) is 29.1 Å². The first-order valence-corrected chi connectivity index (χ1v) is 27.7. The van der Waals surface area contributed by atoms with E-state index in [0.29, 0.717) is 11.3 Å². The van der Waals surface area contributed by atoms with E-state index in [4.69, 9.17) is 23.2 Å². The van der Waals surface area contributed by atoms with Gasteiger partial charge in [0, 0.05) is 0 Å². The van der Waals surface area contributed by atoms with Gasteiger partial charge in [0.1, 0.15) is 0 Å². The van der Waals surface area contributed by atoms with Crippen LogP contribution in [0.3, 0.4) is 0 Å². The van der Waals surface area contributed by atoms with Gasteiger partial charge in [0.15, 0.2) is 0 Å². The average Bonchev–Trinajstić information content (AvgIpc) is 3.60. The predicted octanol–water partition coefficient (Wildman–Crippen LogP) is 8.98. The van der Waals surface area contributed by atoms with Crippen molar-refractivity contribution in [2.75, 3.05) is 0 Å². The van der Waals surface area contributed by atoms with Gasteiger partial charge >= 0.3 is 354 Å². The van der Waals surface area contributed by atoms with Gasteiger partial charge in [0.25, 0.3) is 0 Å². The van der Waals surface area contributed by atoms with Crippen molar-refractivity contribution in [3.05, 3.63) is 149 Å². The van der Waals surface area contributed by atoms with Crippen molar-refractivity contribution in [1.82, 2.24) is 0 Å². The van der Waals surface area contributed by atoms with Gasteiger partial charge < -0.3 is 24.8 Å². The van der Waals surface area contributed by atoms with Crippen LogP contribution in [-0.4, -0.2) is 7.42 Å². The first kappa shape index (κ1) is 44.2. The Balaban J connectivity index is 0.00000256. The standard InChI is InChI=1S/C21H25.C18H25.2C7H5Cl.2ClH.Zr/c1-20(2,3)16-7-9-18-14(12-16)11-15-13-17(21(4,5)6)8-10-19(15)18;1-12-3-13(2)17(4-12)11-18-8-14-5-15(9-18)7-16(6-14)10-18;2*1-6-2-4-7(8)5-3-6;;;/h7-13H,1-6H3;4,12,14-16H,5-11H2,1-2H3;2*1-5H;2*1H;/q;;;;;;+2/p-2. The van der Waals surface area contributed by atoms with E-state index in [1.807, 2.05) is 0 Å². The molecular weight excluding hydrogens is 870 g/mol. The van der Waals surface area contributed by atoms with E-state index >= 15 is 0 Å². The summed E-state index contributed by atoms with van der Waals surface area (Å²) in [6, 6.07) is 32.4. The third kappa shape index (κ3) is 8.01. The van der Waals surface area contributed by atoms with E-state index < -0.39 is 19.3 Å². The molecule has 4 bridgehead atoms. The number of hydrogen-bond donors (Lipinski definition) is 0. The van der Waals surface area contributed by atoms with E-state index in [0.717, 1.165) is 27.8 Å². The minimum Gasteiger partial charge on any atom is -1.00 e. The van der Waals surface area contributed by atoms with Gasteiger partial charge in [-0.3, -0.25) is 0 Å². The molecule has 4 saturated carbocycles. The molecule has 0 aromatic heterocycles. The summed E-state index contributed by atoms with van der Waals surface area (Å²) >= 11 is 9.12. The Bertz CT molecular complexity index is 2250. The molecule has 0 aliphatic heterocycles. The number of halogens is 4. The zero-order valence-corrected chi connectivity index (χ0v) is 41.1. The van der Waals surface area contributed by atoms with E-state index in [1.54, 1.807) is 14.4 Å². The molecule has 0 radical (unpaired) electrons. The maximum absolute atomic E-state index is 6.61. The average molecular weight is 930 g/mol. The molecule has 58 heavy (non-hydrogen) atoms. The molecule has 4 aromatic carbocycles. The van der Waals surface area contributed by atoms with Gasteiger partial charge in [-0.15, -0.1) is 0 Å². The maximum atomic E-state index is 6.61. The Morgan fingerprint density at radius 1 is 0.638 bits per heavy atom. The quantitative estimate of drug-likeness (QED) is 0.181. The fourth-order valence-electron chi connectivity index (χ4n) is 12.7. The summed E-state index contributed by atoms with van der Waals surface area (Å²) < 4.78 is 7.65. The summed E-state index contributed by atoms with van der Waals surface area (Å²) in [7, 11) is 0. The van der Waals surface area contributed by atoms with Crippen molar-refractivity contribution in [1.29, 1.82) is 0 Å². The van der Waals surface area contributed by atoms with Gasteiger partial charge in [0.2, 0.25) is 0 Å². The number of fused-ring (bicyclic) bond motifs is 3. The molecule has 0 spiro atoms. The SMILES string of the molecule is CC1=[C]([Zr+2](=[CH]c2ccc(Cl)cc2)(=[CH]c2ccc(Cl)cc2)[CH]2c3cc(C(C)(C)C)ccc3-c3ccc(C(C)(C)C)cc32)C(C)C=C1CC12CC3CC(CC(C3)C1)C2.[Cl-].[Cl-]. The van der Waals surface area contributed by atoms with Crippen LogP contribution < -0.4 is 24.8 Å². The normalized spacial score (nSPS) is 24.3. The second-order valence-electron chi connectivity index (χ2n) is 21.0. The van der Waals surface area contributed by atoms with Crippen molar-refractivity contribution in [3.63, 3.8) is 0 Å². The van der Waals surface area contributed by atoms with E-state index in [-0.39, 0.29) is 39.3 Å². The van der Waals surface area contributed by atoms with E-state index in [2.05, 4.69) is 154 Å². The number of rotatable bonds is 6. The number of benzene rings is 4. The van der Waals surface area contributed by atoms with E-state index in [9.17, 15) is 0 Å². The first-order valence-electron chi connectivity index (χ1n) is 21.4. The molecular formula is C53H60Cl4Zr. The van der Waals surface area contributed by atoms with Gasteiger partial charge in [-0.05, 0) is 0 Å². The molecule has 1 atom stereocenters. The fourth-order valence-corrected chi connectivity index (χ4v) is 27.0. The Hall–Kier alpha value is -1.86. The molecule has 6 aliphatic carbocycles.